The van der Waals surface area contributed by atoms with Gasteiger partial charge in [-0.1, -0.05) is 15.9 Å². The van der Waals surface area contributed by atoms with Gasteiger partial charge in [0.1, 0.15) is 0 Å². The molecule has 2 nitrogen and oxygen atoms in total. The fourth-order valence-electron chi connectivity index (χ4n) is 1.89. The summed E-state index contributed by atoms with van der Waals surface area (Å²) in [6.07, 6.45) is 0. The minimum Gasteiger partial charge on any atom is -0.493 e. The fraction of sp³-hybridized carbons (Fsp3) is 0.286. The van der Waals surface area contributed by atoms with Crippen LogP contribution in [0.25, 0.3) is 0 Å². The van der Waals surface area contributed by atoms with E-state index in [-0.39, 0.29) is 4.83 Å². The lowest BCUT2D eigenvalue weighted by Crippen LogP contribution is -1.98. The van der Waals surface area contributed by atoms with Crippen LogP contribution in [0, 0.1) is 6.92 Å². The number of ether oxygens (including phenoxy) is 2. The summed E-state index contributed by atoms with van der Waals surface area (Å²) < 4.78 is 11.8. The van der Waals surface area contributed by atoms with Crippen molar-refractivity contribution in [2.75, 3.05) is 14.2 Å². The van der Waals surface area contributed by atoms with Crippen molar-refractivity contribution in [1.29, 1.82) is 0 Å². The van der Waals surface area contributed by atoms with Gasteiger partial charge in [-0.05, 0) is 58.2 Å². The van der Waals surface area contributed by atoms with Crippen molar-refractivity contribution in [1.82, 2.24) is 0 Å². The highest BCUT2D eigenvalue weighted by Crippen LogP contribution is 2.41. The third-order valence-electron chi connectivity index (χ3n) is 2.89. The van der Waals surface area contributed by atoms with Gasteiger partial charge in [0, 0.05) is 4.88 Å². The molecule has 102 valence electrons. The maximum Gasteiger partial charge on any atom is 0.161 e. The van der Waals surface area contributed by atoms with Crippen LogP contribution in [-0.4, -0.2) is 14.2 Å². The lowest BCUT2D eigenvalue weighted by molar-refractivity contribution is 0.354. The van der Waals surface area contributed by atoms with Crippen LogP contribution in [0.15, 0.2) is 28.1 Å². The molecular formula is C14H14Br2O2S. The van der Waals surface area contributed by atoms with Crippen molar-refractivity contribution in [3.63, 3.8) is 0 Å². The zero-order valence-corrected chi connectivity index (χ0v) is 14.9. The van der Waals surface area contributed by atoms with Crippen molar-refractivity contribution in [3.8, 4) is 11.5 Å². The first kappa shape index (κ1) is 14.9. The van der Waals surface area contributed by atoms with Gasteiger partial charge in [-0.15, -0.1) is 11.3 Å². The molecule has 0 amide bonds. The fourth-order valence-corrected chi connectivity index (χ4v) is 4.23. The molecule has 0 fully saturated rings. The molecule has 1 aromatic heterocycles. The van der Waals surface area contributed by atoms with E-state index in [1.807, 2.05) is 12.1 Å². The molecule has 0 radical (unpaired) electrons. The molecule has 1 aromatic carbocycles. The maximum absolute atomic E-state index is 5.37. The average molecular weight is 406 g/mol. The second-order valence-corrected chi connectivity index (χ2v) is 7.48. The van der Waals surface area contributed by atoms with Crippen LogP contribution >= 0.6 is 43.2 Å². The zero-order chi connectivity index (χ0) is 14.0. The number of hydrogen-bond donors (Lipinski definition) is 0. The molecule has 0 aliphatic heterocycles. The lowest BCUT2D eigenvalue weighted by Gasteiger charge is -2.16. The number of aryl methyl sites for hydroxylation is 1. The summed E-state index contributed by atoms with van der Waals surface area (Å²) in [5, 5.41) is 0. The van der Waals surface area contributed by atoms with E-state index in [1.54, 1.807) is 25.6 Å². The Morgan fingerprint density at radius 1 is 1.11 bits per heavy atom. The van der Waals surface area contributed by atoms with Gasteiger partial charge in [0.25, 0.3) is 0 Å². The van der Waals surface area contributed by atoms with Gasteiger partial charge in [0.15, 0.2) is 11.5 Å². The Morgan fingerprint density at radius 2 is 1.74 bits per heavy atom. The predicted molar refractivity (Wildman–Crippen MR) is 87.1 cm³/mol. The zero-order valence-electron chi connectivity index (χ0n) is 10.9. The molecule has 1 heterocycles. The van der Waals surface area contributed by atoms with Gasteiger partial charge in [0.2, 0.25) is 0 Å². The summed E-state index contributed by atoms with van der Waals surface area (Å²) in [4.78, 5) is 1.41. The monoisotopic (exact) mass is 404 g/mol. The third-order valence-corrected chi connectivity index (χ3v) is 5.87. The molecule has 19 heavy (non-hydrogen) atoms. The Labute approximate surface area is 134 Å². The number of benzene rings is 1. The number of hydrogen-bond acceptors (Lipinski definition) is 3. The summed E-state index contributed by atoms with van der Waals surface area (Å²) in [5.74, 6) is 1.51. The predicted octanol–water partition coefficient (Wildman–Crippen LogP) is 5.32. The molecule has 2 rings (SSSR count). The smallest absolute Gasteiger partial charge is 0.161 e. The van der Waals surface area contributed by atoms with Gasteiger partial charge in [-0.25, -0.2) is 0 Å². The van der Waals surface area contributed by atoms with Crippen molar-refractivity contribution >= 4 is 43.2 Å². The van der Waals surface area contributed by atoms with Crippen molar-refractivity contribution < 1.29 is 9.47 Å². The molecule has 0 N–H and O–H groups in total. The minimum absolute atomic E-state index is 0.156. The molecule has 1 atom stereocenters. The number of thiophene rings is 1. The summed E-state index contributed by atoms with van der Waals surface area (Å²) in [5.41, 5.74) is 2.36. The van der Waals surface area contributed by atoms with Gasteiger partial charge in [-0.3, -0.25) is 0 Å². The molecule has 0 saturated carbocycles. The second kappa shape index (κ2) is 6.29. The highest BCUT2D eigenvalue weighted by molar-refractivity contribution is 9.11. The molecule has 0 spiro atoms. The normalized spacial score (nSPS) is 12.3. The summed E-state index contributed by atoms with van der Waals surface area (Å²) in [7, 11) is 3.31. The number of halogens is 2. The molecule has 0 aliphatic carbocycles. The highest BCUT2D eigenvalue weighted by atomic mass is 79.9. The standard InChI is InChI=1S/C14H14Br2O2S/c1-8-6-10(17-2)11(18-3)7-9(8)14(16)12-4-5-13(15)19-12/h4-7,14H,1-3H3. The molecule has 0 saturated heterocycles. The topological polar surface area (TPSA) is 18.5 Å². The van der Waals surface area contributed by atoms with Crippen LogP contribution in [0.4, 0.5) is 0 Å². The number of methoxy groups -OCH3 is 2. The van der Waals surface area contributed by atoms with Gasteiger partial charge < -0.3 is 9.47 Å². The maximum atomic E-state index is 5.37. The Bertz CT molecular complexity index is 581. The van der Waals surface area contributed by atoms with E-state index in [4.69, 9.17) is 9.47 Å². The van der Waals surface area contributed by atoms with E-state index in [9.17, 15) is 0 Å². The molecule has 0 bridgehead atoms. The number of rotatable bonds is 4. The first-order chi connectivity index (χ1) is 9.06. The van der Waals surface area contributed by atoms with Crippen LogP contribution in [0.3, 0.4) is 0 Å². The highest BCUT2D eigenvalue weighted by Gasteiger charge is 2.18. The summed E-state index contributed by atoms with van der Waals surface area (Å²) >= 11 is 8.98. The summed E-state index contributed by atoms with van der Waals surface area (Å²) in [6.45, 7) is 2.08. The van der Waals surface area contributed by atoms with E-state index in [2.05, 4.69) is 50.9 Å². The van der Waals surface area contributed by atoms with Gasteiger partial charge in [-0.2, -0.15) is 0 Å². The van der Waals surface area contributed by atoms with Crippen LogP contribution in [0.5, 0.6) is 11.5 Å². The third kappa shape index (κ3) is 3.15. The largest absolute Gasteiger partial charge is 0.493 e. The number of alkyl halides is 1. The van der Waals surface area contributed by atoms with Crippen molar-refractivity contribution in [2.24, 2.45) is 0 Å². The Morgan fingerprint density at radius 3 is 2.26 bits per heavy atom. The average Bonchev–Trinajstić information content (AvgIpc) is 2.84. The van der Waals surface area contributed by atoms with Crippen LogP contribution in [0.1, 0.15) is 20.8 Å². The van der Waals surface area contributed by atoms with E-state index in [1.165, 1.54) is 16.0 Å². The van der Waals surface area contributed by atoms with E-state index >= 15 is 0 Å². The van der Waals surface area contributed by atoms with Crippen molar-refractivity contribution in [3.05, 3.63) is 44.1 Å². The van der Waals surface area contributed by atoms with Gasteiger partial charge >= 0.3 is 0 Å². The van der Waals surface area contributed by atoms with E-state index in [0.717, 1.165) is 15.3 Å². The molecule has 2 aromatic rings. The molecular weight excluding hydrogens is 392 g/mol. The lowest BCUT2D eigenvalue weighted by atomic mass is 10.0. The van der Waals surface area contributed by atoms with Crippen LogP contribution in [0.2, 0.25) is 0 Å². The summed E-state index contributed by atoms with van der Waals surface area (Å²) in [6, 6.07) is 8.21. The van der Waals surface area contributed by atoms with Crippen molar-refractivity contribution in [2.45, 2.75) is 11.8 Å². The molecule has 0 aliphatic rings. The molecule has 1 unspecified atom stereocenters. The van der Waals surface area contributed by atoms with E-state index in [0.29, 0.717) is 0 Å². The second-order valence-electron chi connectivity index (χ2n) is 4.07. The Hall–Kier alpha value is -0.520. The van der Waals surface area contributed by atoms with E-state index < -0.39 is 0 Å². The first-order valence-electron chi connectivity index (χ1n) is 5.68. The van der Waals surface area contributed by atoms with Gasteiger partial charge in [0.05, 0.1) is 22.8 Å². The molecule has 5 heteroatoms. The SMILES string of the molecule is COc1cc(C)c(C(Br)c2ccc(Br)s2)cc1OC. The Balaban J connectivity index is 2.44. The minimum atomic E-state index is 0.156. The first-order valence-corrected chi connectivity index (χ1v) is 8.21. The Kier molecular flexibility index (Phi) is 4.92. The van der Waals surface area contributed by atoms with Crippen LogP contribution < -0.4 is 9.47 Å². The van der Waals surface area contributed by atoms with Crippen LogP contribution in [-0.2, 0) is 0 Å². The quantitative estimate of drug-likeness (QED) is 0.640.